The molecule has 1 saturated carbocycles. The first kappa shape index (κ1) is 12.8. The van der Waals surface area contributed by atoms with Crippen LogP contribution in [0.2, 0.25) is 0 Å². The van der Waals surface area contributed by atoms with Crippen LogP contribution in [0.15, 0.2) is 24.3 Å². The number of hydrogen-bond donors (Lipinski definition) is 2. The van der Waals surface area contributed by atoms with E-state index in [0.29, 0.717) is 17.0 Å². The lowest BCUT2D eigenvalue weighted by atomic mass is 10.0. The van der Waals surface area contributed by atoms with Gasteiger partial charge in [0.25, 0.3) is 0 Å². The predicted octanol–water partition coefficient (Wildman–Crippen LogP) is 2.55. The van der Waals surface area contributed by atoms with Crippen LogP contribution >= 0.6 is 0 Å². The van der Waals surface area contributed by atoms with Gasteiger partial charge in [-0.3, -0.25) is 0 Å². The Morgan fingerprint density at radius 3 is 3.00 bits per heavy atom. The van der Waals surface area contributed by atoms with Gasteiger partial charge in [0.2, 0.25) is 0 Å². The fourth-order valence-electron chi connectivity index (χ4n) is 3.24. The van der Waals surface area contributed by atoms with E-state index in [4.69, 9.17) is 4.74 Å². The molecule has 1 spiro atoms. The first-order chi connectivity index (χ1) is 10.2. The number of nitrogens with one attached hydrogen (secondary N) is 2. The molecule has 2 aliphatic rings. The second-order valence-corrected chi connectivity index (χ2v) is 6.07. The summed E-state index contributed by atoms with van der Waals surface area (Å²) in [4.78, 5) is 4.53. The molecule has 21 heavy (non-hydrogen) atoms. The minimum Gasteiger partial charge on any atom is -0.494 e. The van der Waals surface area contributed by atoms with Gasteiger partial charge in [-0.05, 0) is 31.0 Å². The van der Waals surface area contributed by atoms with Crippen LogP contribution in [0.1, 0.15) is 12.8 Å². The number of nitrogens with zero attached hydrogens (tertiary/aromatic N) is 1. The Labute approximate surface area is 122 Å². The van der Waals surface area contributed by atoms with E-state index in [0.717, 1.165) is 24.3 Å². The Hall–Kier alpha value is -1.88. The van der Waals surface area contributed by atoms with Crippen molar-refractivity contribution < 1.29 is 9.13 Å². The zero-order valence-corrected chi connectivity index (χ0v) is 11.9. The Kier molecular flexibility index (Phi) is 2.79. The number of pyridine rings is 1. The van der Waals surface area contributed by atoms with Crippen molar-refractivity contribution in [3.8, 4) is 5.75 Å². The number of anilines is 1. The van der Waals surface area contributed by atoms with Crippen molar-refractivity contribution >= 4 is 16.7 Å². The minimum atomic E-state index is -0.379. The average molecular weight is 287 g/mol. The molecule has 0 unspecified atom stereocenters. The summed E-state index contributed by atoms with van der Waals surface area (Å²) in [6.07, 6.45) is 2.55. The maximum absolute atomic E-state index is 13.8. The molecule has 5 heteroatoms. The monoisotopic (exact) mass is 287 g/mol. The Morgan fingerprint density at radius 2 is 2.24 bits per heavy atom. The van der Waals surface area contributed by atoms with Crippen LogP contribution in [-0.2, 0) is 0 Å². The van der Waals surface area contributed by atoms with Gasteiger partial charge >= 0.3 is 0 Å². The Bertz CT molecular complexity index is 699. The molecule has 2 fully saturated rings. The second-order valence-electron chi connectivity index (χ2n) is 6.07. The molecule has 1 aliphatic carbocycles. The number of aromatic nitrogens is 1. The van der Waals surface area contributed by atoms with Crippen molar-refractivity contribution in [3.63, 3.8) is 0 Å². The third-order valence-corrected chi connectivity index (χ3v) is 4.74. The van der Waals surface area contributed by atoms with Gasteiger partial charge < -0.3 is 15.4 Å². The van der Waals surface area contributed by atoms with E-state index in [-0.39, 0.29) is 11.6 Å². The van der Waals surface area contributed by atoms with Crippen molar-refractivity contribution in [2.75, 3.05) is 25.5 Å². The van der Waals surface area contributed by atoms with Crippen molar-refractivity contribution in [2.45, 2.75) is 18.9 Å². The molecule has 1 aliphatic heterocycles. The van der Waals surface area contributed by atoms with Gasteiger partial charge in [0, 0.05) is 36.0 Å². The summed E-state index contributed by atoms with van der Waals surface area (Å²) in [5, 5.41) is 7.83. The van der Waals surface area contributed by atoms with Crippen molar-refractivity contribution in [1.29, 1.82) is 0 Å². The van der Waals surface area contributed by atoms with E-state index in [2.05, 4.69) is 15.6 Å². The van der Waals surface area contributed by atoms with Crippen LogP contribution in [0.4, 0.5) is 10.2 Å². The largest absolute Gasteiger partial charge is 0.494 e. The highest BCUT2D eigenvalue weighted by Gasteiger charge is 2.52. The number of methoxy groups -OCH3 is 1. The molecule has 4 nitrogen and oxygen atoms in total. The lowest BCUT2D eigenvalue weighted by Crippen LogP contribution is -2.29. The number of benzene rings is 1. The summed E-state index contributed by atoms with van der Waals surface area (Å²) >= 11 is 0. The van der Waals surface area contributed by atoms with Crippen molar-refractivity contribution in [3.05, 3.63) is 30.1 Å². The normalized spacial score (nSPS) is 22.7. The number of ether oxygens (including phenoxy) is 1. The minimum absolute atomic E-state index is 0.252. The SMILES string of the molecule is COc1cc2ccc(N[C@@H]3CNCC34CC4)nc2cc1F. The molecule has 0 bridgehead atoms. The van der Waals surface area contributed by atoms with E-state index < -0.39 is 0 Å². The van der Waals surface area contributed by atoms with Crippen LogP contribution in [0.3, 0.4) is 0 Å². The van der Waals surface area contributed by atoms with Crippen molar-refractivity contribution in [2.24, 2.45) is 5.41 Å². The standard InChI is InChI=1S/C16H18FN3O/c1-21-13-6-10-2-3-15(19-12(10)7-11(13)17)20-14-8-18-9-16(14)4-5-16/h2-3,6-7,14,18H,4-5,8-9H2,1H3,(H,19,20)/t14-/m1/s1. The number of hydrogen-bond acceptors (Lipinski definition) is 4. The first-order valence-electron chi connectivity index (χ1n) is 7.32. The molecule has 2 aromatic rings. The van der Waals surface area contributed by atoms with Gasteiger partial charge in [-0.1, -0.05) is 0 Å². The summed E-state index contributed by atoms with van der Waals surface area (Å²) in [7, 11) is 1.47. The molecule has 2 heterocycles. The van der Waals surface area contributed by atoms with E-state index in [1.54, 1.807) is 6.07 Å². The number of fused-ring (bicyclic) bond motifs is 1. The van der Waals surface area contributed by atoms with E-state index >= 15 is 0 Å². The van der Waals surface area contributed by atoms with E-state index in [1.807, 2.05) is 12.1 Å². The molecular formula is C16H18FN3O. The molecule has 0 amide bonds. The van der Waals surface area contributed by atoms with Gasteiger partial charge in [-0.15, -0.1) is 0 Å². The summed E-state index contributed by atoms with van der Waals surface area (Å²) in [6, 6.07) is 7.44. The molecule has 1 saturated heterocycles. The van der Waals surface area contributed by atoms with Gasteiger partial charge in [-0.2, -0.15) is 0 Å². The molecule has 0 radical (unpaired) electrons. The summed E-state index contributed by atoms with van der Waals surface area (Å²) in [5.41, 5.74) is 1.07. The topological polar surface area (TPSA) is 46.2 Å². The molecule has 4 rings (SSSR count). The van der Waals surface area contributed by atoms with Gasteiger partial charge in [0.15, 0.2) is 11.6 Å². The third kappa shape index (κ3) is 2.12. The van der Waals surface area contributed by atoms with Crippen LogP contribution < -0.4 is 15.4 Å². The fourth-order valence-corrected chi connectivity index (χ4v) is 3.24. The van der Waals surface area contributed by atoms with Crippen LogP contribution in [0.25, 0.3) is 10.9 Å². The van der Waals surface area contributed by atoms with Crippen LogP contribution in [-0.4, -0.2) is 31.2 Å². The summed E-state index contributed by atoms with van der Waals surface area (Å²) in [6.45, 7) is 2.06. The van der Waals surface area contributed by atoms with E-state index in [9.17, 15) is 4.39 Å². The Morgan fingerprint density at radius 1 is 1.38 bits per heavy atom. The summed E-state index contributed by atoms with van der Waals surface area (Å²) < 4.78 is 18.8. The number of halogens is 1. The molecule has 110 valence electrons. The lowest BCUT2D eigenvalue weighted by molar-refractivity contribution is 0.387. The molecule has 1 atom stereocenters. The molecule has 1 aromatic carbocycles. The first-order valence-corrected chi connectivity index (χ1v) is 7.32. The van der Waals surface area contributed by atoms with Crippen molar-refractivity contribution in [1.82, 2.24) is 10.3 Å². The highest BCUT2D eigenvalue weighted by atomic mass is 19.1. The Balaban J connectivity index is 1.64. The lowest BCUT2D eigenvalue weighted by Gasteiger charge is -2.19. The second kappa shape index (κ2) is 4.56. The highest BCUT2D eigenvalue weighted by Crippen LogP contribution is 2.51. The zero-order chi connectivity index (χ0) is 14.4. The van der Waals surface area contributed by atoms with Crippen LogP contribution in [0.5, 0.6) is 5.75 Å². The van der Waals surface area contributed by atoms with Crippen LogP contribution in [0, 0.1) is 11.2 Å². The molecular weight excluding hydrogens is 269 g/mol. The highest BCUT2D eigenvalue weighted by molar-refractivity contribution is 5.82. The summed E-state index contributed by atoms with van der Waals surface area (Å²) in [5.74, 6) is 0.685. The fraction of sp³-hybridized carbons (Fsp3) is 0.438. The maximum atomic E-state index is 13.8. The quantitative estimate of drug-likeness (QED) is 0.910. The molecule has 2 N–H and O–H groups in total. The third-order valence-electron chi connectivity index (χ3n) is 4.74. The smallest absolute Gasteiger partial charge is 0.167 e. The molecule has 1 aromatic heterocycles. The predicted molar refractivity (Wildman–Crippen MR) is 80.2 cm³/mol. The zero-order valence-electron chi connectivity index (χ0n) is 11.9. The number of rotatable bonds is 3. The van der Waals surface area contributed by atoms with Gasteiger partial charge in [0.05, 0.1) is 12.6 Å². The van der Waals surface area contributed by atoms with E-state index in [1.165, 1.54) is 26.0 Å². The van der Waals surface area contributed by atoms with Gasteiger partial charge in [0.1, 0.15) is 5.82 Å². The average Bonchev–Trinajstić information content (AvgIpc) is 3.16. The maximum Gasteiger partial charge on any atom is 0.167 e. The van der Waals surface area contributed by atoms with Gasteiger partial charge in [-0.25, -0.2) is 9.37 Å².